The van der Waals surface area contributed by atoms with Crippen LogP contribution in [0.25, 0.3) is 0 Å². The number of nitrogens with two attached hydrogens (primary N) is 1. The normalized spacial score (nSPS) is 15.5. The van der Waals surface area contributed by atoms with E-state index in [9.17, 15) is 14.4 Å². The molecule has 2 heterocycles. The Morgan fingerprint density at radius 3 is 2.16 bits per heavy atom. The van der Waals surface area contributed by atoms with Gasteiger partial charge in [0.25, 0.3) is 5.91 Å². The Hall–Kier alpha value is -4.02. The quantitative estimate of drug-likeness (QED) is 0.284. The number of carbonyl (C=O) groups is 3. The molecule has 1 aliphatic rings. The molecule has 10 heteroatoms. The molecule has 0 aliphatic carbocycles. The number of carbonyl (C=O) groups excluding carboxylic acids is 3. The van der Waals surface area contributed by atoms with E-state index >= 15 is 0 Å². The van der Waals surface area contributed by atoms with E-state index in [2.05, 4.69) is 36.4 Å². The Kier molecular flexibility index (Phi) is 12.1. The predicted octanol–water partition coefficient (Wildman–Crippen LogP) is 4.77. The summed E-state index contributed by atoms with van der Waals surface area (Å²) in [5.74, 6) is -0.191. The van der Waals surface area contributed by atoms with Crippen LogP contribution >= 0.6 is 0 Å². The van der Waals surface area contributed by atoms with Crippen LogP contribution in [0.2, 0.25) is 0 Å². The Balaban J connectivity index is 0.00000552. The first kappa shape index (κ1) is 35.5. The fourth-order valence-electron chi connectivity index (χ4n) is 5.37. The highest BCUT2D eigenvalue weighted by molar-refractivity contribution is 5.98. The van der Waals surface area contributed by atoms with Crippen LogP contribution in [-0.4, -0.2) is 63.4 Å². The maximum atomic E-state index is 14.0. The number of likely N-dealkylation sites (tertiary alicyclic amines) is 1. The summed E-state index contributed by atoms with van der Waals surface area (Å²) < 4.78 is 7.52. The lowest BCUT2D eigenvalue weighted by Crippen LogP contribution is -2.56. The summed E-state index contributed by atoms with van der Waals surface area (Å²) in [4.78, 5) is 46.4. The summed E-state index contributed by atoms with van der Waals surface area (Å²) >= 11 is 0. The number of benzene rings is 2. The fraction of sp³-hybridized carbons (Fsp3) is 0.486. The molecule has 1 aliphatic heterocycles. The second kappa shape index (κ2) is 15.3. The van der Waals surface area contributed by atoms with E-state index in [4.69, 9.17) is 10.5 Å². The van der Waals surface area contributed by atoms with Crippen molar-refractivity contribution in [3.8, 4) is 0 Å². The first-order valence-electron chi connectivity index (χ1n) is 15.2. The van der Waals surface area contributed by atoms with Crippen molar-refractivity contribution < 1.29 is 19.1 Å². The van der Waals surface area contributed by atoms with Gasteiger partial charge in [0.15, 0.2) is 5.82 Å². The van der Waals surface area contributed by atoms with Gasteiger partial charge >= 0.3 is 0 Å². The molecule has 2 aromatic carbocycles. The molecule has 0 radical (unpaired) electrons. The monoisotopic (exact) mass is 618 g/mol. The molecule has 1 aromatic heterocycles. The number of amides is 3. The number of nitrogens with zero attached hydrogens (tertiary/aromatic N) is 3. The average molecular weight is 619 g/mol. The van der Waals surface area contributed by atoms with E-state index < -0.39 is 29.4 Å². The maximum absolute atomic E-state index is 14.0. The minimum absolute atomic E-state index is 0. The van der Waals surface area contributed by atoms with Gasteiger partial charge in [-0.05, 0) is 49.1 Å². The first-order chi connectivity index (χ1) is 20.8. The molecule has 45 heavy (non-hydrogen) atoms. The van der Waals surface area contributed by atoms with Crippen LogP contribution in [0.5, 0.6) is 0 Å². The Morgan fingerprint density at radius 1 is 0.978 bits per heavy atom. The minimum atomic E-state index is -1.19. The number of aromatic nitrogens is 2. The number of hydrogen-bond acceptors (Lipinski definition) is 6. The highest BCUT2D eigenvalue weighted by Crippen LogP contribution is 2.35. The van der Waals surface area contributed by atoms with E-state index in [1.54, 1.807) is 30.9 Å². The van der Waals surface area contributed by atoms with Gasteiger partial charge in [0.05, 0.1) is 25.1 Å². The summed E-state index contributed by atoms with van der Waals surface area (Å²) in [5, 5.41) is 5.48. The molecule has 244 valence electrons. The number of hydrogen-bond donors (Lipinski definition) is 3. The number of ether oxygens (including phenoxy) is 1. The van der Waals surface area contributed by atoms with E-state index in [1.807, 2.05) is 65.6 Å². The second-order valence-electron chi connectivity index (χ2n) is 13.2. The molecule has 4 rings (SSSR count). The summed E-state index contributed by atoms with van der Waals surface area (Å²) in [6.45, 7) is 11.5. The van der Waals surface area contributed by atoms with Crippen LogP contribution in [0.3, 0.4) is 0 Å². The van der Waals surface area contributed by atoms with Gasteiger partial charge < -0.3 is 30.6 Å². The van der Waals surface area contributed by atoms with E-state index in [1.165, 1.54) is 0 Å². The largest absolute Gasteiger partial charge is 0.374 e. The molecule has 1 unspecified atom stereocenters. The number of nitrogens with one attached hydrogen (secondary N) is 2. The lowest BCUT2D eigenvalue weighted by atomic mass is 9.75. The molecule has 0 spiro atoms. The van der Waals surface area contributed by atoms with Crippen LogP contribution in [0.4, 0.5) is 5.82 Å². The molecule has 4 N–H and O–H groups in total. The first-order valence-corrected chi connectivity index (χ1v) is 15.2. The highest BCUT2D eigenvalue weighted by Gasteiger charge is 2.34. The molecule has 0 saturated carbocycles. The molecule has 3 amide bonds. The number of imidazole rings is 1. The topological polar surface area (TPSA) is 132 Å². The standard InChI is InChI=1S/C34H46N6O4.CH4/c1-33(2,3)26-16-18-39(19-17-26)31(42)29(25-14-10-7-11-15-25)40-20-28(36-23-40)38-30(41)27(37-32(43)34(4,5)35)22-44-21-24-12-8-6-9-13-24;/h6-15,20,23,26-27,29H,16-19,21-22,35H2,1-5H3,(H,37,43)(H,38,41);1H4/t27-,29?;/m1./s1. The lowest BCUT2D eigenvalue weighted by molar-refractivity contribution is -0.135. The summed E-state index contributed by atoms with van der Waals surface area (Å²) in [5.41, 5.74) is 6.76. The van der Waals surface area contributed by atoms with Crippen LogP contribution in [0.15, 0.2) is 73.2 Å². The van der Waals surface area contributed by atoms with Crippen LogP contribution in [0, 0.1) is 11.3 Å². The van der Waals surface area contributed by atoms with Crippen LogP contribution < -0.4 is 16.4 Å². The molecular formula is C35H50N6O4. The van der Waals surface area contributed by atoms with Crippen molar-refractivity contribution >= 4 is 23.5 Å². The Labute approximate surface area is 267 Å². The van der Waals surface area contributed by atoms with Crippen molar-refractivity contribution in [1.82, 2.24) is 19.8 Å². The second-order valence-corrected chi connectivity index (χ2v) is 13.2. The third-order valence-corrected chi connectivity index (χ3v) is 8.13. The number of anilines is 1. The van der Waals surface area contributed by atoms with Crippen molar-refractivity contribution in [3.05, 3.63) is 84.3 Å². The molecule has 2 atom stereocenters. The minimum Gasteiger partial charge on any atom is -0.374 e. The number of rotatable bonds is 11. The van der Waals surface area contributed by atoms with Gasteiger partial charge in [0, 0.05) is 19.3 Å². The Bertz CT molecular complexity index is 1390. The lowest BCUT2D eigenvalue weighted by Gasteiger charge is -2.40. The van der Waals surface area contributed by atoms with Crippen LogP contribution in [0.1, 0.15) is 72.1 Å². The third-order valence-electron chi connectivity index (χ3n) is 8.13. The smallest absolute Gasteiger partial charge is 0.250 e. The summed E-state index contributed by atoms with van der Waals surface area (Å²) in [6.07, 6.45) is 5.11. The zero-order valence-electron chi connectivity index (χ0n) is 26.5. The van der Waals surface area contributed by atoms with Crippen molar-refractivity contribution in [2.45, 2.75) is 79.1 Å². The van der Waals surface area contributed by atoms with E-state index in [0.29, 0.717) is 19.0 Å². The maximum Gasteiger partial charge on any atom is 0.250 e. The highest BCUT2D eigenvalue weighted by atomic mass is 16.5. The van der Waals surface area contributed by atoms with Gasteiger partial charge in [-0.15, -0.1) is 0 Å². The van der Waals surface area contributed by atoms with Crippen molar-refractivity contribution in [1.29, 1.82) is 0 Å². The molecule has 3 aromatic rings. The summed E-state index contributed by atoms with van der Waals surface area (Å²) in [7, 11) is 0. The van der Waals surface area contributed by atoms with Crippen molar-refractivity contribution in [3.63, 3.8) is 0 Å². The molecule has 1 fully saturated rings. The van der Waals surface area contributed by atoms with Crippen molar-refractivity contribution in [2.75, 3.05) is 25.0 Å². The predicted molar refractivity (Wildman–Crippen MR) is 177 cm³/mol. The molecule has 1 saturated heterocycles. The fourth-order valence-corrected chi connectivity index (χ4v) is 5.37. The number of piperidine rings is 1. The zero-order valence-corrected chi connectivity index (χ0v) is 26.5. The van der Waals surface area contributed by atoms with Gasteiger partial charge in [-0.1, -0.05) is 88.9 Å². The SMILES string of the molecule is C.CC(C)(N)C(=O)N[C@H](COCc1ccccc1)C(=O)Nc1cn(C(C(=O)N2CCC(C(C)(C)C)CC2)c2ccccc2)cn1. The molecular weight excluding hydrogens is 568 g/mol. The summed E-state index contributed by atoms with van der Waals surface area (Å²) in [6, 6.07) is 17.5. The van der Waals surface area contributed by atoms with E-state index in [-0.39, 0.29) is 37.8 Å². The third kappa shape index (κ3) is 9.73. The van der Waals surface area contributed by atoms with Gasteiger partial charge in [0.1, 0.15) is 12.1 Å². The molecule has 0 bridgehead atoms. The van der Waals surface area contributed by atoms with Crippen LogP contribution in [-0.2, 0) is 25.7 Å². The van der Waals surface area contributed by atoms with Gasteiger partial charge in [-0.2, -0.15) is 0 Å². The van der Waals surface area contributed by atoms with Gasteiger partial charge in [-0.3, -0.25) is 14.4 Å². The average Bonchev–Trinajstić information content (AvgIpc) is 3.44. The Morgan fingerprint density at radius 2 is 1.58 bits per heavy atom. The molecule has 10 nitrogen and oxygen atoms in total. The zero-order chi connectivity index (χ0) is 31.9. The van der Waals surface area contributed by atoms with Gasteiger partial charge in [-0.25, -0.2) is 4.98 Å². The van der Waals surface area contributed by atoms with E-state index in [0.717, 1.165) is 24.0 Å². The van der Waals surface area contributed by atoms with Gasteiger partial charge in [0.2, 0.25) is 11.8 Å². The van der Waals surface area contributed by atoms with Crippen molar-refractivity contribution in [2.24, 2.45) is 17.1 Å².